The minimum absolute atomic E-state index is 0.0848. The van der Waals surface area contributed by atoms with Gasteiger partial charge in [-0.3, -0.25) is 19.3 Å². The van der Waals surface area contributed by atoms with Gasteiger partial charge in [-0.05, 0) is 25.8 Å². The van der Waals surface area contributed by atoms with Crippen LogP contribution in [0, 0.1) is 18.6 Å². The van der Waals surface area contributed by atoms with Crippen LogP contribution in [0.2, 0.25) is 5.02 Å². The van der Waals surface area contributed by atoms with Crippen molar-refractivity contribution in [3.05, 3.63) is 62.3 Å². The molecule has 0 radical (unpaired) electrons. The molecule has 2 aromatic rings. The van der Waals surface area contributed by atoms with E-state index in [-0.39, 0.29) is 23.1 Å². The van der Waals surface area contributed by atoms with Crippen molar-refractivity contribution in [3.8, 4) is 5.75 Å². The number of aromatic nitrogens is 2. The number of aliphatic imine (C=N–C) groups is 1. The van der Waals surface area contributed by atoms with Crippen LogP contribution in [-0.2, 0) is 6.61 Å². The predicted octanol–water partition coefficient (Wildman–Crippen LogP) is 4.40. The van der Waals surface area contributed by atoms with Gasteiger partial charge in [0, 0.05) is 36.8 Å². The lowest BCUT2D eigenvalue weighted by molar-refractivity contribution is 0.292. The van der Waals surface area contributed by atoms with Crippen LogP contribution >= 0.6 is 11.6 Å². The SMILES string of the molecule is CC/C(=C(C)\C=N/C)n1c(C)cc(OCc2ncc(F)cc2F)c(Cl)c1=O. The summed E-state index contributed by atoms with van der Waals surface area (Å²) in [6, 6.07) is 2.31. The van der Waals surface area contributed by atoms with Gasteiger partial charge in [0.15, 0.2) is 5.82 Å². The Kier molecular flexibility index (Phi) is 6.85. The number of hydrogen-bond acceptors (Lipinski definition) is 4. The molecule has 2 heterocycles. The van der Waals surface area contributed by atoms with Crippen molar-refractivity contribution in [3.63, 3.8) is 0 Å². The Morgan fingerprint density at radius 3 is 2.70 bits per heavy atom. The number of rotatable bonds is 6. The minimum atomic E-state index is -0.832. The van der Waals surface area contributed by atoms with E-state index >= 15 is 0 Å². The molecular weight excluding hydrogens is 376 g/mol. The maximum absolute atomic E-state index is 13.7. The molecule has 0 amide bonds. The Hall–Kier alpha value is -2.54. The average Bonchev–Trinajstić information content (AvgIpc) is 2.61. The second kappa shape index (κ2) is 8.90. The summed E-state index contributed by atoms with van der Waals surface area (Å²) in [4.78, 5) is 20.4. The number of hydrogen-bond donors (Lipinski definition) is 0. The lowest BCUT2D eigenvalue weighted by Gasteiger charge is -2.17. The molecule has 0 unspecified atom stereocenters. The van der Waals surface area contributed by atoms with Crippen molar-refractivity contribution in [1.82, 2.24) is 9.55 Å². The molecule has 0 aromatic carbocycles. The average molecular weight is 396 g/mol. The minimum Gasteiger partial charge on any atom is -0.485 e. The molecular formula is C19H20ClF2N3O2. The summed E-state index contributed by atoms with van der Waals surface area (Å²) in [5.41, 5.74) is 1.68. The normalized spacial score (nSPS) is 12.4. The molecule has 8 heteroatoms. The predicted molar refractivity (Wildman–Crippen MR) is 103 cm³/mol. The summed E-state index contributed by atoms with van der Waals surface area (Å²) in [6.45, 7) is 5.24. The monoisotopic (exact) mass is 395 g/mol. The van der Waals surface area contributed by atoms with Crippen LogP contribution in [0.3, 0.4) is 0 Å². The van der Waals surface area contributed by atoms with Gasteiger partial charge >= 0.3 is 0 Å². The second-order valence-corrected chi connectivity index (χ2v) is 6.22. The van der Waals surface area contributed by atoms with Crippen molar-refractivity contribution in [2.75, 3.05) is 7.05 Å². The number of allylic oxidation sites excluding steroid dienone is 2. The van der Waals surface area contributed by atoms with Gasteiger partial charge in [0.2, 0.25) is 0 Å². The zero-order chi connectivity index (χ0) is 20.1. The molecule has 2 aromatic heterocycles. The Bertz CT molecular complexity index is 968. The highest BCUT2D eigenvalue weighted by atomic mass is 35.5. The standard InChI is InChI=1S/C19H20ClF2N3O2/c1-5-16(11(2)8-23-4)25-12(3)6-17(18(20)19(25)26)27-10-15-14(22)7-13(21)9-24-15/h6-9H,5,10H2,1-4H3/b16-11+,23-8-. The Morgan fingerprint density at radius 2 is 2.11 bits per heavy atom. The lowest BCUT2D eigenvalue weighted by Crippen LogP contribution is -2.23. The summed E-state index contributed by atoms with van der Waals surface area (Å²) in [5.74, 6) is -1.50. The highest BCUT2D eigenvalue weighted by Gasteiger charge is 2.16. The molecule has 27 heavy (non-hydrogen) atoms. The van der Waals surface area contributed by atoms with E-state index in [1.165, 1.54) is 4.57 Å². The zero-order valence-electron chi connectivity index (χ0n) is 15.5. The van der Waals surface area contributed by atoms with Crippen molar-refractivity contribution < 1.29 is 13.5 Å². The number of halogens is 3. The highest BCUT2D eigenvalue weighted by molar-refractivity contribution is 6.31. The fourth-order valence-corrected chi connectivity index (χ4v) is 2.89. The number of nitrogens with zero attached hydrogens (tertiary/aromatic N) is 3. The van der Waals surface area contributed by atoms with Crippen LogP contribution in [0.15, 0.2) is 33.7 Å². The van der Waals surface area contributed by atoms with Crippen molar-refractivity contribution in [2.45, 2.75) is 33.8 Å². The molecule has 0 fully saturated rings. The third-order valence-electron chi connectivity index (χ3n) is 3.93. The lowest BCUT2D eigenvalue weighted by atomic mass is 10.2. The van der Waals surface area contributed by atoms with Crippen LogP contribution in [0.4, 0.5) is 8.78 Å². The third kappa shape index (κ3) is 4.60. The molecule has 0 atom stereocenters. The molecule has 5 nitrogen and oxygen atoms in total. The fourth-order valence-electron chi connectivity index (χ4n) is 2.70. The van der Waals surface area contributed by atoms with E-state index in [0.29, 0.717) is 18.2 Å². The van der Waals surface area contributed by atoms with Gasteiger partial charge in [0.25, 0.3) is 5.56 Å². The smallest absolute Gasteiger partial charge is 0.277 e. The first kappa shape index (κ1) is 20.8. The van der Waals surface area contributed by atoms with Crippen LogP contribution in [0.25, 0.3) is 5.70 Å². The number of ether oxygens (including phenoxy) is 1. The van der Waals surface area contributed by atoms with E-state index in [1.54, 1.807) is 26.3 Å². The van der Waals surface area contributed by atoms with Gasteiger partial charge in [-0.15, -0.1) is 0 Å². The number of pyridine rings is 2. The zero-order valence-corrected chi connectivity index (χ0v) is 16.3. The van der Waals surface area contributed by atoms with Crippen LogP contribution in [0.5, 0.6) is 5.75 Å². The van der Waals surface area contributed by atoms with E-state index in [4.69, 9.17) is 16.3 Å². The number of aryl methyl sites for hydroxylation is 1. The summed E-state index contributed by atoms with van der Waals surface area (Å²) < 4.78 is 33.6. The van der Waals surface area contributed by atoms with E-state index in [2.05, 4.69) is 9.98 Å². The van der Waals surface area contributed by atoms with Crippen molar-refractivity contribution >= 4 is 23.5 Å². The summed E-state index contributed by atoms with van der Waals surface area (Å²) in [5, 5.41) is -0.129. The van der Waals surface area contributed by atoms with Crippen LogP contribution < -0.4 is 10.3 Å². The molecule has 0 saturated carbocycles. The fraction of sp³-hybridized carbons (Fsp3) is 0.316. The van der Waals surface area contributed by atoms with Gasteiger partial charge < -0.3 is 4.74 Å². The molecule has 0 N–H and O–H groups in total. The molecule has 2 rings (SSSR count). The maximum atomic E-state index is 13.7. The molecule has 0 bridgehead atoms. The van der Waals surface area contributed by atoms with Crippen molar-refractivity contribution in [1.29, 1.82) is 0 Å². The molecule has 144 valence electrons. The maximum Gasteiger partial charge on any atom is 0.277 e. The molecule has 0 aliphatic rings. The molecule has 0 saturated heterocycles. The van der Waals surface area contributed by atoms with Crippen LogP contribution in [-0.4, -0.2) is 22.8 Å². The topological polar surface area (TPSA) is 56.5 Å². The summed E-state index contributed by atoms with van der Waals surface area (Å²) in [6.07, 6.45) is 3.16. The first-order valence-corrected chi connectivity index (χ1v) is 8.65. The van der Waals surface area contributed by atoms with Crippen molar-refractivity contribution in [2.24, 2.45) is 4.99 Å². The third-order valence-corrected chi connectivity index (χ3v) is 4.28. The van der Waals surface area contributed by atoms with Crippen LogP contribution in [0.1, 0.15) is 31.7 Å². The summed E-state index contributed by atoms with van der Waals surface area (Å²) >= 11 is 6.20. The Balaban J connectivity index is 2.42. The van der Waals surface area contributed by atoms with Gasteiger partial charge in [0.05, 0.1) is 6.20 Å². The first-order valence-electron chi connectivity index (χ1n) is 8.27. The van der Waals surface area contributed by atoms with Gasteiger partial charge in [-0.2, -0.15) is 0 Å². The van der Waals surface area contributed by atoms with E-state index in [9.17, 15) is 13.6 Å². The quantitative estimate of drug-likeness (QED) is 0.681. The highest BCUT2D eigenvalue weighted by Crippen LogP contribution is 2.26. The molecule has 0 aliphatic carbocycles. The molecule has 0 spiro atoms. The van der Waals surface area contributed by atoms with E-state index in [0.717, 1.165) is 17.5 Å². The van der Waals surface area contributed by atoms with Gasteiger partial charge in [0.1, 0.15) is 28.9 Å². The summed E-state index contributed by atoms with van der Waals surface area (Å²) in [7, 11) is 1.65. The molecule has 0 aliphatic heterocycles. The largest absolute Gasteiger partial charge is 0.485 e. The second-order valence-electron chi connectivity index (χ2n) is 5.85. The van der Waals surface area contributed by atoms with Gasteiger partial charge in [-0.25, -0.2) is 8.78 Å². The van der Waals surface area contributed by atoms with E-state index < -0.39 is 17.2 Å². The Labute approximate surface area is 161 Å². The van der Waals surface area contributed by atoms with E-state index in [1.807, 2.05) is 13.8 Å². The Morgan fingerprint density at radius 1 is 1.41 bits per heavy atom. The van der Waals surface area contributed by atoms with Gasteiger partial charge in [-0.1, -0.05) is 18.5 Å². The first-order chi connectivity index (χ1) is 12.8.